The minimum absolute atomic E-state index is 0.0121. The molecule has 0 unspecified atom stereocenters. The Hall–Kier alpha value is -1.81. The molecule has 1 N–H and O–H groups in total. The number of likely N-dealkylation sites (tertiary alicyclic amines) is 1. The Morgan fingerprint density at radius 2 is 1.93 bits per heavy atom. The maximum absolute atomic E-state index is 14.8. The molecule has 1 aromatic carbocycles. The molecule has 1 aromatic rings. The van der Waals surface area contributed by atoms with E-state index in [1.807, 2.05) is 4.90 Å². The van der Waals surface area contributed by atoms with Gasteiger partial charge in [0, 0.05) is 44.1 Å². The molecule has 1 atom stereocenters. The quantitative estimate of drug-likeness (QED) is 0.720. The van der Waals surface area contributed by atoms with Crippen LogP contribution in [0.15, 0.2) is 12.1 Å². The maximum Gasteiger partial charge on any atom is 0.414 e. The van der Waals surface area contributed by atoms with Crippen molar-refractivity contribution in [2.45, 2.75) is 18.9 Å². The lowest BCUT2D eigenvalue weighted by Gasteiger charge is -2.33. The number of nitrogens with one attached hydrogen (secondary N) is 1. The van der Waals surface area contributed by atoms with Crippen molar-refractivity contribution in [2.75, 3.05) is 60.6 Å². The van der Waals surface area contributed by atoms with Crippen molar-refractivity contribution in [3.8, 4) is 0 Å². The average Bonchev–Trinajstić information content (AvgIpc) is 2.82. The van der Waals surface area contributed by atoms with E-state index in [4.69, 9.17) is 17.0 Å². The molecular formula is C19H24F2N4O2S2. The number of thioether (sulfide) groups is 1. The van der Waals surface area contributed by atoms with Gasteiger partial charge in [0.1, 0.15) is 11.8 Å². The zero-order valence-corrected chi connectivity index (χ0v) is 17.7. The predicted octanol–water partition coefficient (Wildman–Crippen LogP) is 2.81. The maximum atomic E-state index is 14.8. The summed E-state index contributed by atoms with van der Waals surface area (Å²) in [6.07, 6.45) is 0.967. The molecule has 3 aliphatic rings. The normalized spacial score (nSPS) is 22.2. The fraction of sp³-hybridized carbons (Fsp3) is 0.579. The Labute approximate surface area is 178 Å². The monoisotopic (exact) mass is 442 g/mol. The number of amides is 1. The molecular weight excluding hydrogens is 418 g/mol. The summed E-state index contributed by atoms with van der Waals surface area (Å²) in [7, 11) is 0. The largest absolute Gasteiger partial charge is 0.442 e. The summed E-state index contributed by atoms with van der Waals surface area (Å²) >= 11 is 7.08. The summed E-state index contributed by atoms with van der Waals surface area (Å²) < 4.78 is 34.9. The molecule has 10 heteroatoms. The van der Waals surface area contributed by atoms with Crippen molar-refractivity contribution in [1.29, 1.82) is 0 Å². The molecule has 0 saturated carbocycles. The number of nitrogens with zero attached hydrogens (tertiary/aromatic N) is 3. The van der Waals surface area contributed by atoms with E-state index in [9.17, 15) is 13.6 Å². The van der Waals surface area contributed by atoms with Gasteiger partial charge in [0.2, 0.25) is 0 Å². The van der Waals surface area contributed by atoms with E-state index >= 15 is 0 Å². The number of carbonyl (C=O) groups excluding carboxylic acids is 1. The highest BCUT2D eigenvalue weighted by molar-refractivity contribution is 7.99. The molecule has 4 rings (SSSR count). The fourth-order valence-electron chi connectivity index (χ4n) is 3.65. The van der Waals surface area contributed by atoms with Crippen LogP contribution in [0.2, 0.25) is 0 Å². The van der Waals surface area contributed by atoms with Gasteiger partial charge in [-0.3, -0.25) is 4.90 Å². The Balaban J connectivity index is 1.42. The highest BCUT2D eigenvalue weighted by Gasteiger charge is 2.34. The molecule has 0 aliphatic carbocycles. The first kappa shape index (κ1) is 20.5. The second-order valence-electron chi connectivity index (χ2n) is 7.35. The van der Waals surface area contributed by atoms with Crippen molar-refractivity contribution < 1.29 is 18.3 Å². The number of halogens is 2. The number of hydrogen-bond acceptors (Lipinski definition) is 5. The molecule has 3 saturated heterocycles. The lowest BCUT2D eigenvalue weighted by Crippen LogP contribution is -2.49. The standard InChI is InChI=1S/C19H24F2N4O2S2/c20-15-9-13(10-16(21)17(15)23-5-2-7-29-8-6-23)25-12-14(27-19(25)26)11-22-18(28)24-3-1-4-24/h9-10,14H,1-8,11-12H2,(H,22,28)/t14-/m0/s1. The minimum atomic E-state index is -0.653. The Morgan fingerprint density at radius 3 is 2.62 bits per heavy atom. The number of thiocarbonyl (C=S) groups is 1. The van der Waals surface area contributed by atoms with Gasteiger partial charge in [-0.15, -0.1) is 0 Å². The molecule has 3 aliphatic heterocycles. The first-order valence-corrected chi connectivity index (χ1v) is 11.4. The second kappa shape index (κ2) is 8.91. The zero-order chi connectivity index (χ0) is 20.4. The fourth-order valence-corrected chi connectivity index (χ4v) is 4.80. The SMILES string of the molecule is O=C1O[C@@H](CNC(=S)N2CCC2)CN1c1cc(F)c(N2CCCSCC2)c(F)c1. The summed E-state index contributed by atoms with van der Waals surface area (Å²) in [6, 6.07) is 2.44. The highest BCUT2D eigenvalue weighted by Crippen LogP contribution is 2.32. The molecule has 0 radical (unpaired) electrons. The van der Waals surface area contributed by atoms with Gasteiger partial charge in [-0.25, -0.2) is 13.6 Å². The van der Waals surface area contributed by atoms with E-state index < -0.39 is 23.8 Å². The number of ether oxygens (including phenoxy) is 1. The van der Waals surface area contributed by atoms with Crippen LogP contribution in [0.3, 0.4) is 0 Å². The van der Waals surface area contributed by atoms with Crippen molar-refractivity contribution in [1.82, 2.24) is 10.2 Å². The molecule has 1 amide bonds. The van der Waals surface area contributed by atoms with Crippen LogP contribution in [0, 0.1) is 11.6 Å². The molecule has 158 valence electrons. The number of cyclic esters (lactones) is 1. The van der Waals surface area contributed by atoms with Crippen molar-refractivity contribution >= 4 is 46.6 Å². The van der Waals surface area contributed by atoms with E-state index in [1.54, 1.807) is 16.7 Å². The van der Waals surface area contributed by atoms with Crippen LogP contribution >= 0.6 is 24.0 Å². The topological polar surface area (TPSA) is 48.1 Å². The minimum Gasteiger partial charge on any atom is -0.442 e. The van der Waals surface area contributed by atoms with Crippen molar-refractivity contribution in [3.05, 3.63) is 23.8 Å². The number of rotatable bonds is 4. The third-order valence-corrected chi connectivity index (χ3v) is 6.80. The molecule has 29 heavy (non-hydrogen) atoms. The molecule has 0 bridgehead atoms. The third-order valence-electron chi connectivity index (χ3n) is 5.35. The van der Waals surface area contributed by atoms with Crippen LogP contribution in [0.5, 0.6) is 0 Å². The Morgan fingerprint density at radius 1 is 1.17 bits per heavy atom. The summed E-state index contributed by atoms with van der Waals surface area (Å²) in [5.41, 5.74) is 0.160. The van der Waals surface area contributed by atoms with Gasteiger partial charge in [0.15, 0.2) is 16.7 Å². The number of carbonyl (C=O) groups is 1. The molecule has 6 nitrogen and oxygen atoms in total. The van der Waals surface area contributed by atoms with Crippen LogP contribution < -0.4 is 15.1 Å². The Bertz CT molecular complexity index is 762. The third kappa shape index (κ3) is 4.53. The molecule has 3 fully saturated rings. The first-order valence-electron chi connectivity index (χ1n) is 9.85. The predicted molar refractivity (Wildman–Crippen MR) is 115 cm³/mol. The number of hydrogen-bond donors (Lipinski definition) is 1. The summed E-state index contributed by atoms with van der Waals surface area (Å²) in [4.78, 5) is 17.3. The smallest absolute Gasteiger partial charge is 0.414 e. The zero-order valence-electron chi connectivity index (χ0n) is 16.0. The van der Waals surface area contributed by atoms with Crippen molar-refractivity contribution in [3.63, 3.8) is 0 Å². The number of benzene rings is 1. The van der Waals surface area contributed by atoms with Crippen LogP contribution in [0.1, 0.15) is 12.8 Å². The van der Waals surface area contributed by atoms with Crippen LogP contribution in [0.25, 0.3) is 0 Å². The highest BCUT2D eigenvalue weighted by atomic mass is 32.2. The first-order chi connectivity index (χ1) is 14.0. The summed E-state index contributed by atoms with van der Waals surface area (Å²) in [5, 5.41) is 3.74. The van der Waals surface area contributed by atoms with E-state index in [-0.39, 0.29) is 17.9 Å². The average molecular weight is 443 g/mol. The molecule has 0 spiro atoms. The Kier molecular flexibility index (Phi) is 6.29. The summed E-state index contributed by atoms with van der Waals surface area (Å²) in [5.74, 6) is 0.529. The molecule has 3 heterocycles. The van der Waals surface area contributed by atoms with Gasteiger partial charge < -0.3 is 19.9 Å². The van der Waals surface area contributed by atoms with Crippen LogP contribution in [-0.4, -0.2) is 73.0 Å². The van der Waals surface area contributed by atoms with E-state index in [0.717, 1.165) is 37.4 Å². The van der Waals surface area contributed by atoms with E-state index in [1.165, 1.54) is 17.0 Å². The van der Waals surface area contributed by atoms with Gasteiger partial charge in [0.05, 0.1) is 18.8 Å². The van der Waals surface area contributed by atoms with Crippen LogP contribution in [-0.2, 0) is 4.74 Å². The van der Waals surface area contributed by atoms with Gasteiger partial charge in [0.25, 0.3) is 0 Å². The lowest BCUT2D eigenvalue weighted by atomic mass is 10.2. The van der Waals surface area contributed by atoms with E-state index in [2.05, 4.69) is 5.32 Å². The second-order valence-corrected chi connectivity index (χ2v) is 8.97. The lowest BCUT2D eigenvalue weighted by molar-refractivity contribution is 0.142. The van der Waals surface area contributed by atoms with Gasteiger partial charge in [-0.1, -0.05) is 0 Å². The molecule has 0 aromatic heterocycles. The van der Waals surface area contributed by atoms with E-state index in [0.29, 0.717) is 24.7 Å². The number of anilines is 2. The summed E-state index contributed by atoms with van der Waals surface area (Å²) in [6.45, 7) is 3.68. The van der Waals surface area contributed by atoms with Gasteiger partial charge >= 0.3 is 6.09 Å². The van der Waals surface area contributed by atoms with Gasteiger partial charge in [-0.05, 0) is 30.8 Å². The van der Waals surface area contributed by atoms with Gasteiger partial charge in [-0.2, -0.15) is 11.8 Å². The van der Waals surface area contributed by atoms with Crippen molar-refractivity contribution in [2.24, 2.45) is 0 Å². The van der Waals surface area contributed by atoms with Crippen LogP contribution in [0.4, 0.5) is 25.0 Å².